The predicted molar refractivity (Wildman–Crippen MR) is 81.0 cm³/mol. The van der Waals surface area contributed by atoms with Crippen LogP contribution in [-0.2, 0) is 4.74 Å². The average Bonchev–Trinajstić information content (AvgIpc) is 2.62. The van der Waals surface area contributed by atoms with Gasteiger partial charge in [-0.15, -0.1) is 0 Å². The molecule has 2 nitrogen and oxygen atoms in total. The molecule has 1 aromatic rings. The van der Waals surface area contributed by atoms with E-state index in [1.807, 2.05) is 12.1 Å². The molecule has 1 atom stereocenters. The van der Waals surface area contributed by atoms with E-state index in [0.717, 1.165) is 38.1 Å². The summed E-state index contributed by atoms with van der Waals surface area (Å²) in [6, 6.07) is 5.60. The van der Waals surface area contributed by atoms with Gasteiger partial charge in [-0.05, 0) is 25.0 Å². The topological polar surface area (TPSA) is 21.3 Å². The highest BCUT2D eigenvalue weighted by Gasteiger charge is 2.31. The standard InChI is InChI=1S/C15H21Cl2NO/c1-3-15(4-2)9-18-8-14(19-10-15)12-6-5-11(16)7-13(12)17/h5-7,14,18H,3-4,8-10H2,1-2H3. The van der Waals surface area contributed by atoms with Crippen molar-refractivity contribution >= 4 is 23.2 Å². The molecule has 1 aliphatic rings. The Kier molecular flexibility index (Phi) is 5.13. The first-order valence-corrected chi connectivity index (χ1v) is 7.63. The molecule has 1 aliphatic heterocycles. The van der Waals surface area contributed by atoms with Crippen molar-refractivity contribution < 1.29 is 4.74 Å². The van der Waals surface area contributed by atoms with Gasteiger partial charge in [0.25, 0.3) is 0 Å². The van der Waals surface area contributed by atoms with Gasteiger partial charge in [0.2, 0.25) is 0 Å². The van der Waals surface area contributed by atoms with E-state index in [1.165, 1.54) is 0 Å². The molecule has 0 saturated carbocycles. The monoisotopic (exact) mass is 301 g/mol. The van der Waals surface area contributed by atoms with E-state index in [4.69, 9.17) is 27.9 Å². The first-order chi connectivity index (χ1) is 9.10. The van der Waals surface area contributed by atoms with Crippen molar-refractivity contribution in [1.82, 2.24) is 5.32 Å². The van der Waals surface area contributed by atoms with Gasteiger partial charge in [-0.1, -0.05) is 43.1 Å². The molecular weight excluding hydrogens is 281 g/mol. The van der Waals surface area contributed by atoms with Gasteiger partial charge in [-0.3, -0.25) is 0 Å². The Morgan fingerprint density at radius 1 is 1.32 bits per heavy atom. The fourth-order valence-electron chi connectivity index (χ4n) is 2.52. The molecule has 0 bridgehead atoms. The average molecular weight is 302 g/mol. The molecule has 0 radical (unpaired) electrons. The number of halogens is 2. The van der Waals surface area contributed by atoms with Crippen LogP contribution < -0.4 is 5.32 Å². The zero-order chi connectivity index (χ0) is 13.9. The lowest BCUT2D eigenvalue weighted by molar-refractivity contribution is 0.0103. The van der Waals surface area contributed by atoms with Crippen LogP contribution in [0.1, 0.15) is 38.4 Å². The van der Waals surface area contributed by atoms with Gasteiger partial charge in [0.15, 0.2) is 0 Å². The molecule has 0 amide bonds. The first-order valence-electron chi connectivity index (χ1n) is 6.87. The van der Waals surface area contributed by atoms with Crippen LogP contribution in [0.15, 0.2) is 18.2 Å². The van der Waals surface area contributed by atoms with E-state index in [-0.39, 0.29) is 11.5 Å². The summed E-state index contributed by atoms with van der Waals surface area (Å²) >= 11 is 12.2. The first kappa shape index (κ1) is 15.1. The number of ether oxygens (including phenoxy) is 1. The van der Waals surface area contributed by atoms with Gasteiger partial charge in [-0.2, -0.15) is 0 Å². The van der Waals surface area contributed by atoms with Gasteiger partial charge >= 0.3 is 0 Å². The van der Waals surface area contributed by atoms with Gasteiger partial charge in [0.05, 0.1) is 12.7 Å². The maximum absolute atomic E-state index is 6.26. The highest BCUT2D eigenvalue weighted by atomic mass is 35.5. The minimum atomic E-state index is 0.00439. The Hall–Kier alpha value is -0.280. The normalized spacial score (nSPS) is 23.1. The molecule has 19 heavy (non-hydrogen) atoms. The molecule has 0 aromatic heterocycles. The van der Waals surface area contributed by atoms with Crippen LogP contribution in [-0.4, -0.2) is 19.7 Å². The summed E-state index contributed by atoms with van der Waals surface area (Å²) in [4.78, 5) is 0. The van der Waals surface area contributed by atoms with E-state index < -0.39 is 0 Å². The molecule has 1 unspecified atom stereocenters. The summed E-state index contributed by atoms with van der Waals surface area (Å²) in [7, 11) is 0. The third-order valence-corrected chi connectivity index (χ3v) is 4.79. The summed E-state index contributed by atoms with van der Waals surface area (Å²) < 4.78 is 6.12. The summed E-state index contributed by atoms with van der Waals surface area (Å²) in [5, 5.41) is 4.85. The summed E-state index contributed by atoms with van der Waals surface area (Å²) in [6.45, 7) is 7.02. The number of nitrogens with one attached hydrogen (secondary N) is 1. The molecule has 1 aromatic carbocycles. The second-order valence-corrected chi connectivity index (χ2v) is 6.15. The lowest BCUT2D eigenvalue weighted by atomic mass is 9.83. The van der Waals surface area contributed by atoms with Gasteiger partial charge in [-0.25, -0.2) is 0 Å². The van der Waals surface area contributed by atoms with Crippen molar-refractivity contribution in [3.05, 3.63) is 33.8 Å². The SMILES string of the molecule is CCC1(CC)CNCC(c2ccc(Cl)cc2Cl)OC1. The van der Waals surface area contributed by atoms with Gasteiger partial charge in [0, 0.05) is 34.1 Å². The van der Waals surface area contributed by atoms with E-state index in [9.17, 15) is 0 Å². The highest BCUT2D eigenvalue weighted by molar-refractivity contribution is 6.35. The third-order valence-electron chi connectivity index (χ3n) is 4.23. The molecule has 1 N–H and O–H groups in total. The quantitative estimate of drug-likeness (QED) is 0.890. The summed E-state index contributed by atoms with van der Waals surface area (Å²) in [5.74, 6) is 0. The second kappa shape index (κ2) is 6.45. The van der Waals surface area contributed by atoms with Crippen molar-refractivity contribution in [3.63, 3.8) is 0 Å². The van der Waals surface area contributed by atoms with Crippen LogP contribution in [0.3, 0.4) is 0 Å². The number of rotatable bonds is 3. The Bertz CT molecular complexity index is 432. The van der Waals surface area contributed by atoms with E-state index >= 15 is 0 Å². The maximum atomic E-state index is 6.26. The van der Waals surface area contributed by atoms with E-state index in [2.05, 4.69) is 19.2 Å². The molecule has 106 valence electrons. The molecule has 2 rings (SSSR count). The molecule has 1 heterocycles. The van der Waals surface area contributed by atoms with Crippen LogP contribution in [0.25, 0.3) is 0 Å². The largest absolute Gasteiger partial charge is 0.372 e. The number of hydrogen-bond donors (Lipinski definition) is 1. The zero-order valence-electron chi connectivity index (χ0n) is 11.5. The molecule has 0 aliphatic carbocycles. The fraction of sp³-hybridized carbons (Fsp3) is 0.600. The Balaban J connectivity index is 2.15. The number of hydrogen-bond acceptors (Lipinski definition) is 2. The van der Waals surface area contributed by atoms with E-state index in [1.54, 1.807) is 6.07 Å². The Morgan fingerprint density at radius 2 is 2.05 bits per heavy atom. The van der Waals surface area contributed by atoms with Crippen molar-refractivity contribution in [2.75, 3.05) is 19.7 Å². The fourth-order valence-corrected chi connectivity index (χ4v) is 3.05. The van der Waals surface area contributed by atoms with Crippen molar-refractivity contribution in [3.8, 4) is 0 Å². The maximum Gasteiger partial charge on any atom is 0.0963 e. The molecule has 1 fully saturated rings. The Labute approximate surface area is 125 Å². The van der Waals surface area contributed by atoms with Crippen LogP contribution in [0.5, 0.6) is 0 Å². The van der Waals surface area contributed by atoms with Gasteiger partial charge in [0.1, 0.15) is 0 Å². The van der Waals surface area contributed by atoms with E-state index in [0.29, 0.717) is 10.0 Å². The van der Waals surface area contributed by atoms with Crippen molar-refractivity contribution in [1.29, 1.82) is 0 Å². The van der Waals surface area contributed by atoms with Crippen LogP contribution in [0.4, 0.5) is 0 Å². The molecule has 1 saturated heterocycles. The van der Waals surface area contributed by atoms with Crippen LogP contribution in [0.2, 0.25) is 10.0 Å². The zero-order valence-corrected chi connectivity index (χ0v) is 13.0. The van der Waals surface area contributed by atoms with Crippen LogP contribution in [0, 0.1) is 5.41 Å². The minimum Gasteiger partial charge on any atom is -0.372 e. The third kappa shape index (κ3) is 3.43. The van der Waals surface area contributed by atoms with Crippen molar-refractivity contribution in [2.24, 2.45) is 5.41 Å². The lowest BCUT2D eigenvalue weighted by Crippen LogP contribution is -2.34. The lowest BCUT2D eigenvalue weighted by Gasteiger charge is -2.29. The molecule has 0 spiro atoms. The smallest absolute Gasteiger partial charge is 0.0963 e. The van der Waals surface area contributed by atoms with Crippen LogP contribution >= 0.6 is 23.2 Å². The Morgan fingerprint density at radius 3 is 2.68 bits per heavy atom. The summed E-state index contributed by atoms with van der Waals surface area (Å²) in [5.41, 5.74) is 1.26. The molecular formula is C15H21Cl2NO. The number of benzene rings is 1. The summed E-state index contributed by atoms with van der Waals surface area (Å²) in [6.07, 6.45) is 2.25. The highest BCUT2D eigenvalue weighted by Crippen LogP contribution is 2.34. The van der Waals surface area contributed by atoms with Gasteiger partial charge < -0.3 is 10.1 Å². The second-order valence-electron chi connectivity index (χ2n) is 5.30. The van der Waals surface area contributed by atoms with Crippen molar-refractivity contribution in [2.45, 2.75) is 32.8 Å². The predicted octanol–water partition coefficient (Wildman–Crippen LogP) is 4.46. The molecule has 4 heteroatoms. The minimum absolute atomic E-state index is 0.00439.